The van der Waals surface area contributed by atoms with Gasteiger partial charge in [-0.3, -0.25) is 9.36 Å². The zero-order valence-corrected chi connectivity index (χ0v) is 8.50. The molecule has 14 heavy (non-hydrogen) atoms. The smallest absolute Gasteiger partial charge is 0.310 e. The van der Waals surface area contributed by atoms with E-state index in [1.54, 1.807) is 11.9 Å². The molecule has 0 aliphatic carbocycles. The van der Waals surface area contributed by atoms with Crippen molar-refractivity contribution in [1.82, 2.24) is 9.47 Å². The number of alkyl halides is 1. The van der Waals surface area contributed by atoms with Gasteiger partial charge in [0.05, 0.1) is 11.4 Å². The van der Waals surface area contributed by atoms with E-state index in [0.29, 0.717) is 13.1 Å². The number of likely N-dealkylation sites (N-methyl/N-ethyl adjacent to an activating group) is 1. The fourth-order valence-corrected chi connectivity index (χ4v) is 2.45. The SMILES string of the molecule is CN1C[C@@H](F)[C@@H](n2c(O)csc2=O)C1. The molecule has 1 aromatic rings. The third kappa shape index (κ3) is 1.44. The van der Waals surface area contributed by atoms with Crippen LogP contribution in [0, 0.1) is 0 Å². The number of hydrogen-bond acceptors (Lipinski definition) is 4. The van der Waals surface area contributed by atoms with Crippen LogP contribution in [0.5, 0.6) is 5.88 Å². The summed E-state index contributed by atoms with van der Waals surface area (Å²) in [5.74, 6) is -0.136. The van der Waals surface area contributed by atoms with Crippen LogP contribution in [0.1, 0.15) is 6.04 Å². The van der Waals surface area contributed by atoms with E-state index in [1.165, 1.54) is 5.38 Å². The van der Waals surface area contributed by atoms with Crippen molar-refractivity contribution in [3.63, 3.8) is 0 Å². The molecule has 78 valence electrons. The average molecular weight is 218 g/mol. The van der Waals surface area contributed by atoms with Gasteiger partial charge in [0, 0.05) is 13.1 Å². The highest BCUT2D eigenvalue weighted by Gasteiger charge is 2.34. The second-order valence-electron chi connectivity index (χ2n) is 3.53. The topological polar surface area (TPSA) is 45.5 Å². The summed E-state index contributed by atoms with van der Waals surface area (Å²) in [6.45, 7) is 0.776. The molecular weight excluding hydrogens is 207 g/mol. The molecular formula is C8H11FN2O2S. The highest BCUT2D eigenvalue weighted by Crippen LogP contribution is 2.26. The predicted octanol–water partition coefficient (Wildman–Crippen LogP) is 0.440. The van der Waals surface area contributed by atoms with Crippen LogP contribution in [0.2, 0.25) is 0 Å². The minimum Gasteiger partial charge on any atom is -0.494 e. The van der Waals surface area contributed by atoms with E-state index >= 15 is 0 Å². The van der Waals surface area contributed by atoms with Crippen LogP contribution in [-0.4, -0.2) is 40.9 Å². The molecule has 0 radical (unpaired) electrons. The molecule has 0 saturated carbocycles. The van der Waals surface area contributed by atoms with Gasteiger partial charge in [0.2, 0.25) is 5.88 Å². The molecule has 0 amide bonds. The summed E-state index contributed by atoms with van der Waals surface area (Å²) in [7, 11) is 1.79. The third-order valence-corrected chi connectivity index (χ3v) is 3.17. The van der Waals surface area contributed by atoms with E-state index < -0.39 is 12.2 Å². The highest BCUT2D eigenvalue weighted by molar-refractivity contribution is 7.07. The normalized spacial score (nSPS) is 28.4. The second kappa shape index (κ2) is 3.36. The summed E-state index contributed by atoms with van der Waals surface area (Å²) in [4.78, 5) is 12.8. The lowest BCUT2D eigenvalue weighted by Crippen LogP contribution is -2.26. The Morgan fingerprint density at radius 1 is 1.64 bits per heavy atom. The highest BCUT2D eigenvalue weighted by atomic mass is 32.1. The van der Waals surface area contributed by atoms with E-state index in [9.17, 15) is 14.3 Å². The van der Waals surface area contributed by atoms with E-state index in [4.69, 9.17) is 0 Å². The summed E-state index contributed by atoms with van der Waals surface area (Å²) in [6, 6.07) is -0.543. The number of aromatic nitrogens is 1. The molecule has 1 aliphatic heterocycles. The average Bonchev–Trinajstić information content (AvgIpc) is 2.57. The number of likely N-dealkylation sites (tertiary alicyclic amines) is 1. The van der Waals surface area contributed by atoms with Crippen LogP contribution in [0.25, 0.3) is 0 Å². The van der Waals surface area contributed by atoms with Gasteiger partial charge in [0.15, 0.2) is 0 Å². The first-order valence-electron chi connectivity index (χ1n) is 4.31. The van der Waals surface area contributed by atoms with Crippen molar-refractivity contribution in [3.05, 3.63) is 15.0 Å². The summed E-state index contributed by atoms with van der Waals surface area (Å²) < 4.78 is 14.6. The molecule has 1 aliphatic rings. The first-order chi connectivity index (χ1) is 6.59. The molecule has 2 rings (SSSR count). The lowest BCUT2D eigenvalue weighted by Gasteiger charge is -2.13. The van der Waals surface area contributed by atoms with Gasteiger partial charge in [-0.05, 0) is 7.05 Å². The molecule has 0 bridgehead atoms. The number of rotatable bonds is 1. The Labute approximate surface area is 84.2 Å². The Balaban J connectivity index is 2.36. The molecule has 1 aromatic heterocycles. The van der Waals surface area contributed by atoms with Crippen LogP contribution < -0.4 is 4.87 Å². The summed E-state index contributed by atoms with van der Waals surface area (Å²) in [5, 5.41) is 10.7. The molecule has 0 aromatic carbocycles. The fourth-order valence-electron chi connectivity index (χ4n) is 1.79. The molecule has 2 heterocycles. The zero-order chi connectivity index (χ0) is 10.3. The molecule has 0 spiro atoms. The van der Waals surface area contributed by atoms with E-state index in [2.05, 4.69) is 0 Å². The Kier molecular flexibility index (Phi) is 2.32. The number of aromatic hydroxyl groups is 1. The van der Waals surface area contributed by atoms with Crippen molar-refractivity contribution in [2.45, 2.75) is 12.2 Å². The Hall–Kier alpha value is -0.880. The van der Waals surface area contributed by atoms with Gasteiger partial charge < -0.3 is 10.0 Å². The minimum atomic E-state index is -1.09. The van der Waals surface area contributed by atoms with Crippen molar-refractivity contribution < 1.29 is 9.50 Å². The van der Waals surface area contributed by atoms with Gasteiger partial charge in [0.1, 0.15) is 6.17 Å². The molecule has 4 nitrogen and oxygen atoms in total. The lowest BCUT2D eigenvalue weighted by molar-refractivity contribution is 0.261. The van der Waals surface area contributed by atoms with E-state index in [0.717, 1.165) is 15.9 Å². The van der Waals surface area contributed by atoms with Crippen LogP contribution in [0.4, 0.5) is 4.39 Å². The van der Waals surface area contributed by atoms with Gasteiger partial charge in [-0.25, -0.2) is 4.39 Å². The molecule has 6 heteroatoms. The molecule has 2 atom stereocenters. The zero-order valence-electron chi connectivity index (χ0n) is 7.68. The molecule has 1 saturated heterocycles. The molecule has 1 fully saturated rings. The van der Waals surface area contributed by atoms with Crippen molar-refractivity contribution >= 4 is 11.3 Å². The summed E-state index contributed by atoms with van der Waals surface area (Å²) in [6.07, 6.45) is -1.09. The minimum absolute atomic E-state index is 0.136. The van der Waals surface area contributed by atoms with Gasteiger partial charge in [-0.1, -0.05) is 11.3 Å². The van der Waals surface area contributed by atoms with Crippen LogP contribution in [0.15, 0.2) is 10.2 Å². The van der Waals surface area contributed by atoms with Crippen LogP contribution in [-0.2, 0) is 0 Å². The predicted molar refractivity (Wildman–Crippen MR) is 51.7 cm³/mol. The van der Waals surface area contributed by atoms with Crippen molar-refractivity contribution in [2.24, 2.45) is 0 Å². The van der Waals surface area contributed by atoms with Gasteiger partial charge in [-0.15, -0.1) is 0 Å². The van der Waals surface area contributed by atoms with Crippen LogP contribution >= 0.6 is 11.3 Å². The lowest BCUT2D eigenvalue weighted by atomic mass is 10.2. The molecule has 0 unspecified atom stereocenters. The van der Waals surface area contributed by atoms with Gasteiger partial charge in [0.25, 0.3) is 0 Å². The second-order valence-corrected chi connectivity index (χ2v) is 4.36. The third-order valence-electron chi connectivity index (χ3n) is 2.44. The van der Waals surface area contributed by atoms with Crippen molar-refractivity contribution in [3.8, 4) is 5.88 Å². The summed E-state index contributed by atoms with van der Waals surface area (Å²) in [5.41, 5.74) is 0. The van der Waals surface area contributed by atoms with Crippen molar-refractivity contribution in [2.75, 3.05) is 20.1 Å². The number of thiazole rings is 1. The Bertz CT molecular complexity index is 389. The van der Waals surface area contributed by atoms with Gasteiger partial charge in [-0.2, -0.15) is 0 Å². The van der Waals surface area contributed by atoms with Crippen LogP contribution in [0.3, 0.4) is 0 Å². The van der Waals surface area contributed by atoms with E-state index in [-0.39, 0.29) is 10.8 Å². The summed E-state index contributed by atoms with van der Waals surface area (Å²) >= 11 is 0.893. The number of nitrogens with zero attached hydrogens (tertiary/aromatic N) is 2. The Morgan fingerprint density at radius 3 is 2.79 bits per heavy atom. The van der Waals surface area contributed by atoms with Crippen molar-refractivity contribution in [1.29, 1.82) is 0 Å². The van der Waals surface area contributed by atoms with Gasteiger partial charge >= 0.3 is 4.87 Å². The first kappa shape index (κ1) is 9.67. The Morgan fingerprint density at radius 2 is 2.36 bits per heavy atom. The van der Waals surface area contributed by atoms with E-state index in [1.807, 2.05) is 0 Å². The standard InChI is InChI=1S/C8H11FN2O2S/c1-10-2-5(9)6(3-10)11-7(12)4-14-8(11)13/h4-6,12H,2-3H2,1H3/t5-,6+/m1/s1. The monoisotopic (exact) mass is 218 g/mol. The quantitative estimate of drug-likeness (QED) is 0.744. The fraction of sp³-hybridized carbons (Fsp3) is 0.625. The molecule has 1 N–H and O–H groups in total. The first-order valence-corrected chi connectivity index (χ1v) is 5.19. The number of hydrogen-bond donors (Lipinski definition) is 1. The largest absolute Gasteiger partial charge is 0.494 e. The number of halogens is 1. The maximum Gasteiger partial charge on any atom is 0.310 e. The maximum atomic E-state index is 13.5. The maximum absolute atomic E-state index is 13.5.